The fourth-order valence-electron chi connectivity index (χ4n) is 1.14. The van der Waals surface area contributed by atoms with Crippen LogP contribution in [0.3, 0.4) is 0 Å². The molecule has 0 aromatic carbocycles. The van der Waals surface area contributed by atoms with E-state index in [0.29, 0.717) is 19.3 Å². The average molecular weight is 261 g/mol. The molecule has 3 N–H and O–H groups in total. The van der Waals surface area contributed by atoms with Crippen LogP contribution in [-0.2, 0) is 6.18 Å². The number of nitrogens with zero attached hydrogens (tertiary/aromatic N) is 1. The van der Waals surface area contributed by atoms with Gasteiger partial charge in [0.2, 0.25) is 0 Å². The van der Waals surface area contributed by atoms with Crippen LogP contribution in [0.15, 0.2) is 18.3 Å². The molecule has 1 rings (SSSR count). The fraction of sp³-hybridized carbons (Fsp3) is 0.455. The molecule has 18 heavy (non-hydrogen) atoms. The Bertz CT molecular complexity index is 403. The highest BCUT2D eigenvalue weighted by Gasteiger charge is 2.30. The van der Waals surface area contributed by atoms with Gasteiger partial charge in [-0.25, -0.2) is 0 Å². The Morgan fingerprint density at radius 2 is 2.17 bits per heavy atom. The molecule has 7 heteroatoms. The summed E-state index contributed by atoms with van der Waals surface area (Å²) in [7, 11) is 0. The highest BCUT2D eigenvalue weighted by molar-refractivity contribution is 5.92. The van der Waals surface area contributed by atoms with Gasteiger partial charge >= 0.3 is 6.18 Å². The Morgan fingerprint density at radius 1 is 1.50 bits per heavy atom. The van der Waals surface area contributed by atoms with Gasteiger partial charge in [-0.1, -0.05) is 6.92 Å². The maximum Gasteiger partial charge on any atom is 0.417 e. The number of carbonyl (C=O) groups excluding carboxylic acids is 1. The minimum absolute atomic E-state index is 0.0489. The van der Waals surface area contributed by atoms with Crippen LogP contribution in [0.5, 0.6) is 0 Å². The molecule has 0 bridgehead atoms. The van der Waals surface area contributed by atoms with Crippen molar-refractivity contribution in [3.63, 3.8) is 0 Å². The molecular weight excluding hydrogens is 247 g/mol. The summed E-state index contributed by atoms with van der Waals surface area (Å²) in [5.74, 6) is -0.410. The molecule has 0 aliphatic carbocycles. The summed E-state index contributed by atoms with van der Waals surface area (Å²) in [6.07, 6.45) is -3.81. The van der Waals surface area contributed by atoms with Crippen LogP contribution in [0.25, 0.3) is 0 Å². The van der Waals surface area contributed by atoms with E-state index in [0.717, 1.165) is 12.1 Å². The van der Waals surface area contributed by atoms with Crippen molar-refractivity contribution < 1.29 is 18.0 Å². The molecule has 0 spiro atoms. The minimum atomic E-state index is -4.45. The van der Waals surface area contributed by atoms with Gasteiger partial charge in [0, 0.05) is 12.7 Å². The number of alkyl halides is 3. The minimum Gasteiger partial charge on any atom is -0.350 e. The van der Waals surface area contributed by atoms with Crippen molar-refractivity contribution in [1.82, 2.24) is 10.3 Å². The number of aromatic nitrogens is 1. The number of carbonyl (C=O) groups is 1. The number of halogens is 3. The smallest absolute Gasteiger partial charge is 0.350 e. The van der Waals surface area contributed by atoms with Gasteiger partial charge in [-0.3, -0.25) is 9.78 Å². The lowest BCUT2D eigenvalue weighted by Crippen LogP contribution is -2.31. The van der Waals surface area contributed by atoms with Crippen molar-refractivity contribution in [2.45, 2.75) is 13.1 Å². The topological polar surface area (TPSA) is 68.0 Å². The van der Waals surface area contributed by atoms with E-state index in [1.807, 2.05) is 6.92 Å². The molecule has 1 aromatic rings. The van der Waals surface area contributed by atoms with Crippen LogP contribution < -0.4 is 11.1 Å². The number of pyridine rings is 1. The van der Waals surface area contributed by atoms with Crippen molar-refractivity contribution in [2.24, 2.45) is 11.7 Å². The Morgan fingerprint density at radius 3 is 2.61 bits per heavy atom. The molecule has 1 unspecified atom stereocenters. The molecule has 0 fully saturated rings. The highest BCUT2D eigenvalue weighted by atomic mass is 19.4. The van der Waals surface area contributed by atoms with E-state index in [4.69, 9.17) is 5.73 Å². The number of nitrogens with one attached hydrogen (secondary N) is 1. The highest BCUT2D eigenvalue weighted by Crippen LogP contribution is 2.28. The van der Waals surface area contributed by atoms with E-state index < -0.39 is 17.6 Å². The SMILES string of the molecule is CC(CN)CNC(=O)c1ccc(C(F)(F)F)cn1. The third kappa shape index (κ3) is 3.99. The number of hydrogen-bond acceptors (Lipinski definition) is 3. The van der Waals surface area contributed by atoms with Gasteiger partial charge < -0.3 is 11.1 Å². The third-order valence-corrected chi connectivity index (χ3v) is 2.34. The van der Waals surface area contributed by atoms with Crippen molar-refractivity contribution in [3.05, 3.63) is 29.6 Å². The standard InChI is InChI=1S/C11H14F3N3O/c1-7(4-15)5-17-10(18)9-3-2-8(6-16-9)11(12,13)14/h2-3,6-7H,4-5,15H2,1H3,(H,17,18). The molecule has 0 saturated carbocycles. The van der Waals surface area contributed by atoms with E-state index in [9.17, 15) is 18.0 Å². The number of hydrogen-bond donors (Lipinski definition) is 2. The van der Waals surface area contributed by atoms with Crippen molar-refractivity contribution in [2.75, 3.05) is 13.1 Å². The first-order chi connectivity index (χ1) is 8.34. The van der Waals surface area contributed by atoms with Crippen LogP contribution in [0, 0.1) is 5.92 Å². The van der Waals surface area contributed by atoms with Crippen LogP contribution in [0.4, 0.5) is 13.2 Å². The van der Waals surface area contributed by atoms with Crippen molar-refractivity contribution >= 4 is 5.91 Å². The van der Waals surface area contributed by atoms with E-state index >= 15 is 0 Å². The quantitative estimate of drug-likeness (QED) is 0.861. The van der Waals surface area contributed by atoms with Gasteiger partial charge in [0.15, 0.2) is 0 Å². The monoisotopic (exact) mass is 261 g/mol. The summed E-state index contributed by atoms with van der Waals surface area (Å²) < 4.78 is 36.8. The van der Waals surface area contributed by atoms with Gasteiger partial charge in [0.25, 0.3) is 5.91 Å². The zero-order valence-electron chi connectivity index (χ0n) is 9.79. The van der Waals surface area contributed by atoms with Gasteiger partial charge in [0.1, 0.15) is 5.69 Å². The van der Waals surface area contributed by atoms with E-state index in [1.165, 1.54) is 0 Å². The lowest BCUT2D eigenvalue weighted by atomic mass is 10.2. The lowest BCUT2D eigenvalue weighted by molar-refractivity contribution is -0.137. The van der Waals surface area contributed by atoms with Gasteiger partial charge in [-0.15, -0.1) is 0 Å². The maximum atomic E-state index is 12.3. The Labute approximate surface area is 102 Å². The third-order valence-electron chi connectivity index (χ3n) is 2.34. The van der Waals surface area contributed by atoms with Crippen LogP contribution in [0.2, 0.25) is 0 Å². The predicted octanol–water partition coefficient (Wildman–Crippen LogP) is 1.42. The lowest BCUT2D eigenvalue weighted by Gasteiger charge is -2.10. The zero-order valence-corrected chi connectivity index (χ0v) is 9.79. The summed E-state index contributed by atoms with van der Waals surface area (Å²) >= 11 is 0. The summed E-state index contributed by atoms with van der Waals surface area (Å²) in [6, 6.07) is 1.87. The Hall–Kier alpha value is -1.63. The predicted molar refractivity (Wildman–Crippen MR) is 59.8 cm³/mol. The van der Waals surface area contributed by atoms with Crippen molar-refractivity contribution in [3.8, 4) is 0 Å². The zero-order chi connectivity index (χ0) is 13.8. The van der Waals surface area contributed by atoms with Crippen LogP contribution in [-0.4, -0.2) is 24.0 Å². The van der Waals surface area contributed by atoms with Crippen LogP contribution in [0.1, 0.15) is 23.0 Å². The molecule has 0 aliphatic heterocycles. The second-order valence-corrected chi connectivity index (χ2v) is 3.98. The first kappa shape index (κ1) is 14.4. The van der Waals surface area contributed by atoms with Gasteiger partial charge in [-0.2, -0.15) is 13.2 Å². The summed E-state index contributed by atoms with van der Waals surface area (Å²) in [5.41, 5.74) is 4.44. The number of amides is 1. The normalized spacial score (nSPS) is 13.2. The second kappa shape index (κ2) is 5.81. The summed E-state index contributed by atoms with van der Waals surface area (Å²) in [4.78, 5) is 15.0. The van der Waals surface area contributed by atoms with E-state index in [2.05, 4.69) is 10.3 Å². The molecule has 1 atom stereocenters. The van der Waals surface area contributed by atoms with Gasteiger partial charge in [0.05, 0.1) is 5.56 Å². The van der Waals surface area contributed by atoms with Crippen LogP contribution >= 0.6 is 0 Å². The van der Waals surface area contributed by atoms with Gasteiger partial charge in [-0.05, 0) is 24.6 Å². The molecular formula is C11H14F3N3O. The number of nitrogens with two attached hydrogens (primary N) is 1. The molecule has 1 aromatic heterocycles. The summed E-state index contributed by atoms with van der Waals surface area (Å²) in [5, 5.41) is 2.55. The average Bonchev–Trinajstić information content (AvgIpc) is 2.34. The first-order valence-corrected chi connectivity index (χ1v) is 5.36. The fourth-order valence-corrected chi connectivity index (χ4v) is 1.14. The number of rotatable bonds is 4. The molecule has 4 nitrogen and oxygen atoms in total. The molecule has 100 valence electrons. The molecule has 0 saturated heterocycles. The molecule has 0 aliphatic rings. The van der Waals surface area contributed by atoms with E-state index in [-0.39, 0.29) is 11.6 Å². The Balaban J connectivity index is 2.65. The molecule has 1 heterocycles. The van der Waals surface area contributed by atoms with Crippen molar-refractivity contribution in [1.29, 1.82) is 0 Å². The summed E-state index contributed by atoms with van der Waals surface area (Å²) in [6.45, 7) is 2.62. The second-order valence-electron chi connectivity index (χ2n) is 3.98. The van der Waals surface area contributed by atoms with E-state index in [1.54, 1.807) is 0 Å². The maximum absolute atomic E-state index is 12.3. The molecule has 0 radical (unpaired) electrons. The molecule has 1 amide bonds. The first-order valence-electron chi connectivity index (χ1n) is 5.36. The Kier molecular flexibility index (Phi) is 4.66. The largest absolute Gasteiger partial charge is 0.417 e.